The Morgan fingerprint density at radius 2 is 2.00 bits per heavy atom. The van der Waals surface area contributed by atoms with Gasteiger partial charge in [0.15, 0.2) is 3.92 Å². The molecule has 2 aromatic rings. The van der Waals surface area contributed by atoms with E-state index in [1.165, 1.54) is 23.5 Å². The van der Waals surface area contributed by atoms with Crippen molar-refractivity contribution in [3.63, 3.8) is 0 Å². The Hall–Kier alpha value is -2.00. The minimum absolute atomic E-state index is 0.139. The van der Waals surface area contributed by atoms with Gasteiger partial charge in [-0.2, -0.15) is 0 Å². The van der Waals surface area contributed by atoms with Crippen LogP contribution in [0.5, 0.6) is 0 Å². The second-order valence-corrected chi connectivity index (χ2v) is 10.5. The van der Waals surface area contributed by atoms with E-state index in [2.05, 4.69) is 26.2 Å². The van der Waals surface area contributed by atoms with Crippen LogP contribution in [0.4, 0.5) is 9.18 Å². The van der Waals surface area contributed by atoms with E-state index in [1.807, 2.05) is 0 Å². The zero-order valence-corrected chi connectivity index (χ0v) is 19.6. The van der Waals surface area contributed by atoms with E-state index < -0.39 is 11.7 Å². The van der Waals surface area contributed by atoms with E-state index in [1.54, 1.807) is 37.8 Å². The van der Waals surface area contributed by atoms with Gasteiger partial charge in [-0.05, 0) is 73.7 Å². The third-order valence-electron chi connectivity index (χ3n) is 4.68. The molecule has 2 amide bonds. The number of nitrogens with zero attached hydrogens (tertiary/aromatic N) is 2. The van der Waals surface area contributed by atoms with Crippen LogP contribution in [0, 0.1) is 5.82 Å². The summed E-state index contributed by atoms with van der Waals surface area (Å²) in [6, 6.07) is 5.88. The molecule has 3 rings (SSSR count). The predicted molar refractivity (Wildman–Crippen MR) is 118 cm³/mol. The number of alkyl carbamates (subject to hydrolysis) is 1. The Bertz CT molecular complexity index is 911. The number of hydrogen-bond acceptors (Lipinski definition) is 5. The summed E-state index contributed by atoms with van der Waals surface area (Å²) in [5, 5.41) is 2.78. The van der Waals surface area contributed by atoms with E-state index >= 15 is 0 Å². The lowest BCUT2D eigenvalue weighted by atomic mass is 10.0. The molecule has 1 fully saturated rings. The van der Waals surface area contributed by atoms with Gasteiger partial charge >= 0.3 is 6.09 Å². The number of likely N-dealkylation sites (tertiary alicyclic amines) is 1. The molecule has 1 unspecified atom stereocenters. The summed E-state index contributed by atoms with van der Waals surface area (Å²) in [5.41, 5.74) is 0.495. The maximum Gasteiger partial charge on any atom is 0.407 e. The number of rotatable bonds is 4. The molecule has 9 heteroatoms. The van der Waals surface area contributed by atoms with Crippen molar-refractivity contribution in [3.05, 3.63) is 39.7 Å². The van der Waals surface area contributed by atoms with Crippen molar-refractivity contribution in [1.29, 1.82) is 0 Å². The van der Waals surface area contributed by atoms with Gasteiger partial charge in [0, 0.05) is 19.1 Å². The number of amides is 2. The first-order chi connectivity index (χ1) is 14.1. The van der Waals surface area contributed by atoms with Gasteiger partial charge < -0.3 is 15.0 Å². The fraction of sp³-hybridized carbons (Fsp3) is 0.476. The molecular formula is C21H25BrFN3O3S. The molecule has 2 heterocycles. The number of carbonyl (C=O) groups is 2. The van der Waals surface area contributed by atoms with Gasteiger partial charge in [0.05, 0.1) is 4.88 Å². The Kier molecular flexibility index (Phi) is 7.13. The van der Waals surface area contributed by atoms with Crippen LogP contribution in [0.25, 0.3) is 10.4 Å². The van der Waals surface area contributed by atoms with Crippen molar-refractivity contribution in [2.24, 2.45) is 0 Å². The Morgan fingerprint density at radius 1 is 1.30 bits per heavy atom. The molecule has 1 N–H and O–H groups in total. The van der Waals surface area contributed by atoms with Crippen LogP contribution >= 0.6 is 27.3 Å². The monoisotopic (exact) mass is 497 g/mol. The summed E-state index contributed by atoms with van der Waals surface area (Å²) in [6.45, 7) is 6.33. The number of aromatic nitrogens is 1. The normalized spacial score (nSPS) is 17.0. The average Bonchev–Trinajstić information content (AvgIpc) is 3.07. The molecule has 1 aromatic carbocycles. The molecule has 1 aliphatic heterocycles. The summed E-state index contributed by atoms with van der Waals surface area (Å²) >= 11 is 4.71. The van der Waals surface area contributed by atoms with Crippen LogP contribution in [-0.4, -0.2) is 46.6 Å². The zero-order chi connectivity index (χ0) is 21.9. The molecule has 0 saturated carbocycles. The standard InChI is InChI=1S/C21H25BrFN3O3S/c1-21(2,3)29-20(28)24-12-15-6-4-5-11-26(15)18(27)16-17(30-19(22)25-16)13-7-9-14(23)10-8-13/h7-10,15H,4-6,11-12H2,1-3H3,(H,24,28). The summed E-state index contributed by atoms with van der Waals surface area (Å²) in [6.07, 6.45) is 2.17. The van der Waals surface area contributed by atoms with E-state index in [-0.39, 0.29) is 17.8 Å². The number of ether oxygens (including phenoxy) is 1. The van der Waals surface area contributed by atoms with Gasteiger partial charge in [-0.3, -0.25) is 4.79 Å². The Labute approximate surface area is 188 Å². The first kappa shape index (κ1) is 22.7. The smallest absolute Gasteiger partial charge is 0.407 e. The lowest BCUT2D eigenvalue weighted by molar-refractivity contribution is 0.0461. The lowest BCUT2D eigenvalue weighted by Crippen LogP contribution is -2.50. The zero-order valence-electron chi connectivity index (χ0n) is 17.2. The van der Waals surface area contributed by atoms with E-state index in [9.17, 15) is 14.0 Å². The van der Waals surface area contributed by atoms with Crippen molar-refractivity contribution < 1.29 is 18.7 Å². The highest BCUT2D eigenvalue weighted by molar-refractivity contribution is 9.11. The molecule has 30 heavy (non-hydrogen) atoms. The van der Waals surface area contributed by atoms with Crippen LogP contribution in [0.15, 0.2) is 28.2 Å². The summed E-state index contributed by atoms with van der Waals surface area (Å²) in [7, 11) is 0. The SMILES string of the molecule is CC(C)(C)OC(=O)NCC1CCCCN1C(=O)c1nc(Br)sc1-c1ccc(F)cc1. The first-order valence-corrected chi connectivity index (χ1v) is 11.4. The second kappa shape index (κ2) is 9.43. The fourth-order valence-electron chi connectivity index (χ4n) is 3.37. The minimum Gasteiger partial charge on any atom is -0.444 e. The van der Waals surface area contributed by atoms with Crippen LogP contribution in [0.1, 0.15) is 50.5 Å². The molecule has 6 nitrogen and oxygen atoms in total. The maximum atomic E-state index is 13.4. The third kappa shape index (κ3) is 5.78. The Balaban J connectivity index is 1.77. The van der Waals surface area contributed by atoms with Crippen molar-refractivity contribution in [3.8, 4) is 10.4 Å². The molecule has 1 saturated heterocycles. The number of piperidine rings is 1. The average molecular weight is 498 g/mol. The van der Waals surface area contributed by atoms with Gasteiger partial charge in [-0.1, -0.05) is 12.1 Å². The largest absolute Gasteiger partial charge is 0.444 e. The number of nitrogens with one attached hydrogen (secondary N) is 1. The topological polar surface area (TPSA) is 71.5 Å². The van der Waals surface area contributed by atoms with Gasteiger partial charge in [-0.15, -0.1) is 11.3 Å². The summed E-state index contributed by atoms with van der Waals surface area (Å²) in [4.78, 5) is 32.3. The Morgan fingerprint density at radius 3 is 2.67 bits per heavy atom. The van der Waals surface area contributed by atoms with Gasteiger partial charge in [0.2, 0.25) is 0 Å². The molecule has 162 valence electrons. The molecule has 1 aromatic heterocycles. The first-order valence-electron chi connectivity index (χ1n) is 9.84. The number of halogens is 2. The molecule has 0 bridgehead atoms. The van der Waals surface area contributed by atoms with Crippen molar-refractivity contribution >= 4 is 39.3 Å². The van der Waals surface area contributed by atoms with Crippen molar-refractivity contribution in [1.82, 2.24) is 15.2 Å². The highest BCUT2D eigenvalue weighted by Gasteiger charge is 2.31. The number of hydrogen-bond donors (Lipinski definition) is 1. The van der Waals surface area contributed by atoms with Crippen molar-refractivity contribution in [2.75, 3.05) is 13.1 Å². The molecule has 1 aliphatic rings. The maximum absolute atomic E-state index is 13.4. The fourth-order valence-corrected chi connectivity index (χ4v) is 4.82. The van der Waals surface area contributed by atoms with Crippen LogP contribution in [-0.2, 0) is 4.74 Å². The van der Waals surface area contributed by atoms with Crippen LogP contribution < -0.4 is 5.32 Å². The molecule has 0 spiro atoms. The highest BCUT2D eigenvalue weighted by Crippen LogP contribution is 2.34. The van der Waals surface area contributed by atoms with E-state index in [0.29, 0.717) is 27.6 Å². The molecule has 0 aliphatic carbocycles. The molecule has 1 atom stereocenters. The number of thiazole rings is 1. The quantitative estimate of drug-likeness (QED) is 0.627. The van der Waals surface area contributed by atoms with Crippen LogP contribution in [0.2, 0.25) is 0 Å². The predicted octanol–water partition coefficient (Wildman–Crippen LogP) is 5.23. The molecule has 0 radical (unpaired) electrons. The number of benzene rings is 1. The second-order valence-electron chi connectivity index (χ2n) is 8.18. The summed E-state index contributed by atoms with van der Waals surface area (Å²) < 4.78 is 19.2. The summed E-state index contributed by atoms with van der Waals surface area (Å²) in [5.74, 6) is -0.522. The third-order valence-corrected chi connectivity index (χ3v) is 6.23. The van der Waals surface area contributed by atoms with Gasteiger partial charge in [0.25, 0.3) is 5.91 Å². The van der Waals surface area contributed by atoms with Crippen LogP contribution in [0.3, 0.4) is 0 Å². The van der Waals surface area contributed by atoms with Gasteiger partial charge in [-0.25, -0.2) is 14.2 Å². The van der Waals surface area contributed by atoms with Crippen molar-refractivity contribution in [2.45, 2.75) is 51.7 Å². The highest BCUT2D eigenvalue weighted by atomic mass is 79.9. The number of carbonyl (C=O) groups excluding carboxylic acids is 2. The van der Waals surface area contributed by atoms with E-state index in [0.717, 1.165) is 24.8 Å². The lowest BCUT2D eigenvalue weighted by Gasteiger charge is -2.35. The minimum atomic E-state index is -0.580. The van der Waals surface area contributed by atoms with E-state index in [4.69, 9.17) is 4.74 Å². The van der Waals surface area contributed by atoms with Gasteiger partial charge in [0.1, 0.15) is 17.1 Å². The molecular weight excluding hydrogens is 473 g/mol.